The first kappa shape index (κ1) is 14.6. The molecule has 0 heterocycles. The Labute approximate surface area is 91.6 Å². The molecule has 0 aromatic heterocycles. The molecule has 1 N–H and O–H groups in total. The lowest BCUT2D eigenvalue weighted by Crippen LogP contribution is -2.15. The van der Waals surface area contributed by atoms with Crippen molar-refractivity contribution in [2.24, 2.45) is 0 Å². The van der Waals surface area contributed by atoms with E-state index in [4.69, 9.17) is 17.1 Å². The molecule has 0 aromatic rings. The number of hydrogen-bond acceptors (Lipinski definition) is 4. The van der Waals surface area contributed by atoms with Crippen molar-refractivity contribution >= 4 is 26.4 Å². The molecule has 0 rings (SSSR count). The van der Waals surface area contributed by atoms with Gasteiger partial charge in [0.2, 0.25) is 0 Å². The van der Waals surface area contributed by atoms with E-state index in [0.717, 1.165) is 6.42 Å². The van der Waals surface area contributed by atoms with Crippen LogP contribution >= 0.6 is 6.72 Å². The second-order valence-electron chi connectivity index (χ2n) is 2.68. The summed E-state index contributed by atoms with van der Waals surface area (Å²) in [5.41, 5.74) is 0. The molecule has 0 saturated heterocycles. The summed E-state index contributed by atoms with van der Waals surface area (Å²) in [4.78, 5) is 9.21. The van der Waals surface area contributed by atoms with Crippen LogP contribution in [0.3, 0.4) is 0 Å². The van der Waals surface area contributed by atoms with E-state index >= 15 is 0 Å². The van der Waals surface area contributed by atoms with E-state index in [0.29, 0.717) is 13.0 Å². The van der Waals surface area contributed by atoms with Crippen LogP contribution in [0.1, 0.15) is 19.8 Å². The summed E-state index contributed by atoms with van der Waals surface area (Å²) in [6, 6.07) is -0.373. The highest BCUT2D eigenvalue weighted by Crippen LogP contribution is 2.42. The van der Waals surface area contributed by atoms with Crippen LogP contribution in [0, 0.1) is 0 Å². The molecule has 0 fully saturated rings. The van der Waals surface area contributed by atoms with Gasteiger partial charge in [0, 0.05) is 19.7 Å². The molecule has 0 aromatic carbocycles. The van der Waals surface area contributed by atoms with Crippen molar-refractivity contribution in [3.05, 3.63) is 0 Å². The van der Waals surface area contributed by atoms with Gasteiger partial charge in [-0.3, -0.25) is 0 Å². The molecule has 4 nitrogen and oxygen atoms in total. The molecule has 0 bridgehead atoms. The third kappa shape index (κ3) is 7.91. The van der Waals surface area contributed by atoms with E-state index in [1.165, 1.54) is 7.11 Å². The van der Waals surface area contributed by atoms with Crippen molar-refractivity contribution in [3.63, 3.8) is 0 Å². The molecule has 1 unspecified atom stereocenters. The summed E-state index contributed by atoms with van der Waals surface area (Å²) in [6.45, 7) is -0.165. The Bertz CT molecular complexity index is 193. The van der Waals surface area contributed by atoms with Gasteiger partial charge in [0.1, 0.15) is 7.85 Å². The van der Waals surface area contributed by atoms with Crippen molar-refractivity contribution in [1.29, 1.82) is 0 Å². The summed E-state index contributed by atoms with van der Waals surface area (Å²) in [6.07, 6.45) is 1.41. The van der Waals surface area contributed by atoms with Gasteiger partial charge in [0.25, 0.3) is 0 Å². The van der Waals surface area contributed by atoms with Crippen LogP contribution in [-0.2, 0) is 25.6 Å². The van der Waals surface area contributed by atoms with E-state index in [9.17, 15) is 4.89 Å². The minimum atomic E-state index is -3.03. The van der Waals surface area contributed by atoms with Gasteiger partial charge in [-0.2, -0.15) is 0 Å². The van der Waals surface area contributed by atoms with Crippen LogP contribution in [-0.4, -0.2) is 39.1 Å². The Morgan fingerprint density at radius 2 is 2.14 bits per heavy atom. The van der Waals surface area contributed by atoms with Crippen molar-refractivity contribution in [1.82, 2.24) is 0 Å². The summed E-state index contributed by atoms with van der Waals surface area (Å²) < 4.78 is 14.7. The van der Waals surface area contributed by atoms with E-state index < -0.39 is 6.72 Å². The Morgan fingerprint density at radius 1 is 1.50 bits per heavy atom. The lowest BCUT2D eigenvalue weighted by atomic mass is 9.97. The lowest BCUT2D eigenvalue weighted by molar-refractivity contribution is 0.0876. The predicted octanol–water partition coefficient (Wildman–Crippen LogP) is 1.18. The Balaban J connectivity index is 3.48. The molecule has 14 heavy (non-hydrogen) atoms. The molecule has 2 radical (unpaired) electrons. The predicted molar refractivity (Wildman–Crippen MR) is 59.9 cm³/mol. The van der Waals surface area contributed by atoms with Crippen LogP contribution < -0.4 is 0 Å². The molecule has 2 atom stereocenters. The highest BCUT2D eigenvalue weighted by atomic mass is 32.5. The first-order valence-electron chi connectivity index (χ1n) is 4.42. The fraction of sp³-hybridized carbons (Fsp3) is 1.00. The zero-order valence-electron chi connectivity index (χ0n) is 8.51. The zero-order chi connectivity index (χ0) is 11.0. The molecular formula is C7H16BO4PS. The van der Waals surface area contributed by atoms with Gasteiger partial charge >= 0.3 is 6.72 Å². The molecule has 0 amide bonds. The van der Waals surface area contributed by atoms with Gasteiger partial charge in [0.15, 0.2) is 0 Å². The topological polar surface area (TPSA) is 47.9 Å². The molecule has 0 aliphatic heterocycles. The molecule has 0 spiro atoms. The first-order valence-corrected chi connectivity index (χ1v) is 7.01. The number of hydrogen-bond donors (Lipinski definition) is 1. The third-order valence-electron chi connectivity index (χ3n) is 1.42. The van der Waals surface area contributed by atoms with Crippen LogP contribution in [0.15, 0.2) is 0 Å². The summed E-state index contributed by atoms with van der Waals surface area (Å²) in [7, 11) is 6.90. The van der Waals surface area contributed by atoms with Crippen molar-refractivity contribution in [3.8, 4) is 0 Å². The average molecular weight is 238 g/mol. The van der Waals surface area contributed by atoms with Crippen molar-refractivity contribution < 1.29 is 18.7 Å². The smallest absolute Gasteiger partial charge is 0.324 e. The van der Waals surface area contributed by atoms with Crippen molar-refractivity contribution in [2.75, 3.05) is 20.3 Å². The number of rotatable bonds is 8. The fourth-order valence-electron chi connectivity index (χ4n) is 0.689. The minimum absolute atomic E-state index is 0.243. The maximum atomic E-state index is 9.21. The Morgan fingerprint density at radius 3 is 2.64 bits per heavy atom. The maximum Gasteiger partial charge on any atom is 0.324 e. The largest absolute Gasteiger partial charge is 0.388 e. The molecule has 0 saturated carbocycles. The van der Waals surface area contributed by atoms with Crippen LogP contribution in [0.4, 0.5) is 0 Å². The first-order chi connectivity index (χ1) is 6.52. The van der Waals surface area contributed by atoms with Crippen LogP contribution in [0.5, 0.6) is 0 Å². The van der Waals surface area contributed by atoms with E-state index in [-0.39, 0.29) is 12.6 Å². The Hall–Kier alpha value is 0.555. The molecule has 0 aliphatic rings. The molecular weight excluding hydrogens is 222 g/mol. The van der Waals surface area contributed by atoms with Gasteiger partial charge in [-0.05, 0) is 24.6 Å². The highest BCUT2D eigenvalue weighted by Gasteiger charge is 2.12. The van der Waals surface area contributed by atoms with E-state index in [1.54, 1.807) is 0 Å². The molecule has 7 heteroatoms. The average Bonchev–Trinajstić information content (AvgIpc) is 2.14. The van der Waals surface area contributed by atoms with E-state index in [2.05, 4.69) is 16.3 Å². The second kappa shape index (κ2) is 7.80. The molecule has 82 valence electrons. The summed E-state index contributed by atoms with van der Waals surface area (Å²) in [5.74, 6) is 0. The van der Waals surface area contributed by atoms with Gasteiger partial charge < -0.3 is 18.7 Å². The minimum Gasteiger partial charge on any atom is -0.388 e. The Kier molecular flexibility index (Phi) is 8.11. The van der Waals surface area contributed by atoms with E-state index in [1.807, 2.05) is 6.92 Å². The summed E-state index contributed by atoms with van der Waals surface area (Å²) in [5, 5.41) is 0. The van der Waals surface area contributed by atoms with Gasteiger partial charge in [0.05, 0.1) is 6.61 Å². The maximum absolute atomic E-state index is 9.21. The molecule has 0 aliphatic carbocycles. The summed E-state index contributed by atoms with van der Waals surface area (Å²) >= 11 is 4.62. The van der Waals surface area contributed by atoms with Crippen LogP contribution in [0.25, 0.3) is 0 Å². The normalized spacial score (nSPS) is 17.6. The van der Waals surface area contributed by atoms with Crippen molar-refractivity contribution in [2.45, 2.75) is 25.8 Å². The van der Waals surface area contributed by atoms with Gasteiger partial charge in [-0.25, -0.2) is 0 Å². The lowest BCUT2D eigenvalue weighted by Gasteiger charge is -2.16. The second-order valence-corrected chi connectivity index (χ2v) is 5.63. The zero-order valence-corrected chi connectivity index (χ0v) is 10.2. The van der Waals surface area contributed by atoms with Gasteiger partial charge in [-0.15, -0.1) is 0 Å². The standard InChI is InChI=1S/C7H16BO4PS/c1-3-5-11-7(8)4-6-12-13(9,14)10-2/h7H,3-6H2,1-2H3,(H,9,14)/t7-,13?/m1/s1. The quantitative estimate of drug-likeness (QED) is 0.508. The highest BCUT2D eigenvalue weighted by molar-refractivity contribution is 8.07. The third-order valence-corrected chi connectivity index (χ3v) is 3.16. The fourth-order valence-corrected chi connectivity index (χ4v) is 1.35. The monoisotopic (exact) mass is 238 g/mol. The number of ether oxygens (including phenoxy) is 1. The van der Waals surface area contributed by atoms with Crippen LogP contribution in [0.2, 0.25) is 0 Å². The van der Waals surface area contributed by atoms with Gasteiger partial charge in [-0.1, -0.05) is 6.92 Å². The SMILES string of the molecule is [B][C@@H](CCOP(O)(=S)OC)OCCC.